The molecule has 0 aliphatic carbocycles. The fourth-order valence-corrected chi connectivity index (χ4v) is 0. The van der Waals surface area contributed by atoms with Crippen molar-refractivity contribution < 1.29 is 0 Å². The van der Waals surface area contributed by atoms with E-state index in [-0.39, 0.29) is 258 Å². The number of hydrogen-bond donors (Lipinski definition) is 0. The maximum atomic E-state index is 0. The van der Waals surface area contributed by atoms with Crippen LogP contribution < -0.4 is 0 Å². The van der Waals surface area contributed by atoms with Gasteiger partial charge in [-0.15, -0.1) is 0 Å². The third-order valence-corrected chi connectivity index (χ3v) is 0. The van der Waals surface area contributed by atoms with Crippen molar-refractivity contribution in [1.29, 1.82) is 0 Å². The first-order chi connectivity index (χ1) is 0. The topological polar surface area (TPSA) is 0 Å². The second kappa shape index (κ2) is 44.9. The summed E-state index contributed by atoms with van der Waals surface area (Å²) in [6, 6.07) is 0. The Hall–Kier alpha value is 8.64. The summed E-state index contributed by atoms with van der Waals surface area (Å²) in [7, 11) is 0. The van der Waals surface area contributed by atoms with Crippen molar-refractivity contribution in [3.8, 4) is 0 Å². The molecule has 0 radical (unpaired) electrons. The summed E-state index contributed by atoms with van der Waals surface area (Å²) in [6.07, 6.45) is 0. The van der Waals surface area contributed by atoms with Crippen LogP contribution in [0.2, 0.25) is 0 Å². The third kappa shape index (κ3) is 36.5. The fraction of sp³-hybridized carbons (Fsp3) is 0. The molecule has 0 heterocycles. The summed E-state index contributed by atoms with van der Waals surface area (Å²) in [6.45, 7) is 0. The summed E-state index contributed by atoms with van der Waals surface area (Å²) >= 11 is 0. The van der Waals surface area contributed by atoms with E-state index in [1.807, 2.05) is 0 Å². The van der Waals surface area contributed by atoms with Gasteiger partial charge in [-0.05, 0) is 0 Å². The number of hydrogen-bond acceptors (Lipinski definition) is 0. The van der Waals surface area contributed by atoms with Gasteiger partial charge in [0, 0.05) is 0 Å². The molecule has 0 spiro atoms. The van der Waals surface area contributed by atoms with Gasteiger partial charge in [-0.2, -0.15) is 0 Å². The predicted molar refractivity (Wildman–Crippen MR) is 57.2 cm³/mol. The van der Waals surface area contributed by atoms with E-state index in [2.05, 4.69) is 0 Å². The van der Waals surface area contributed by atoms with Gasteiger partial charge in [0.15, 0.2) is 0 Å². The molecule has 0 atom stereocenters. The van der Waals surface area contributed by atoms with Crippen molar-refractivity contribution in [1.82, 2.24) is 0 Å². The van der Waals surface area contributed by atoms with Crippen LogP contribution in [0.5, 0.6) is 0 Å². The Labute approximate surface area is 249 Å². The van der Waals surface area contributed by atoms with Gasteiger partial charge in [0.1, 0.15) is 0 Å². The minimum atomic E-state index is 0. The summed E-state index contributed by atoms with van der Waals surface area (Å²) in [5.74, 6) is 0. The van der Waals surface area contributed by atoms with Crippen molar-refractivity contribution >= 4 is 258 Å². The van der Waals surface area contributed by atoms with Crippen molar-refractivity contribution in [3.63, 3.8) is 0 Å². The zero-order valence-corrected chi connectivity index (χ0v) is 0. The van der Waals surface area contributed by atoms with Gasteiger partial charge in [-0.25, -0.2) is 0 Å². The van der Waals surface area contributed by atoms with Crippen molar-refractivity contribution in [2.45, 2.75) is 0 Å². The van der Waals surface area contributed by atoms with Gasteiger partial charge in [-0.1, -0.05) is 0 Å². The van der Waals surface area contributed by atoms with Crippen LogP contribution in [0.25, 0.3) is 0 Å². The first-order valence-corrected chi connectivity index (χ1v) is 0. The molecule has 0 aromatic rings. The average molecular weight is 208 g/mol. The quantitative estimate of drug-likeness (QED) is 0.349. The molecule has 0 amide bonds. The molecule has 8 heavy (non-hydrogen) atoms. The third-order valence-electron chi connectivity index (χ3n) is 0. The van der Waals surface area contributed by atoms with E-state index in [9.17, 15) is 0 Å². The average Bonchev–Trinajstić information content (AvgIpc) is 0. The van der Waals surface area contributed by atoms with Crippen LogP contribution >= 0.6 is 0 Å². The molecule has 0 aliphatic heterocycles. The Morgan fingerprint density at radius 1 is 0.250 bits per heavy atom. The van der Waals surface area contributed by atoms with Gasteiger partial charge in [-0.3, -0.25) is 0 Å². The van der Waals surface area contributed by atoms with Gasteiger partial charge in [0.2, 0.25) is 0 Å². The van der Waals surface area contributed by atoms with Gasteiger partial charge >= 0.3 is 258 Å². The molecular weight excluding hydrogens is 200 g/mol. The van der Waals surface area contributed by atoms with Crippen LogP contribution in [0.15, 0.2) is 0 Å². The Bertz CT molecular complexity index is 4.35. The van der Waals surface area contributed by atoms with Crippen molar-refractivity contribution in [3.05, 3.63) is 0 Å². The molecule has 0 saturated carbocycles. The molecule has 0 aliphatic rings. The van der Waals surface area contributed by atoms with Crippen LogP contribution in [0.4, 0.5) is 0 Å². The van der Waals surface area contributed by atoms with Crippen LogP contribution in [-0.4, -0.2) is 258 Å². The van der Waals surface area contributed by atoms with E-state index in [0.717, 1.165) is 0 Å². The zero-order chi connectivity index (χ0) is 0. The molecule has 0 rings (SSSR count). The normalized spacial score (nSPS) is 0. The Morgan fingerprint density at radius 2 is 0.250 bits per heavy atom. The molecule has 0 aromatic carbocycles. The first-order valence-electron chi connectivity index (χ1n) is 0. The Morgan fingerprint density at radius 3 is 0.250 bits per heavy atom. The molecule has 0 fully saturated rings. The van der Waals surface area contributed by atoms with Gasteiger partial charge in [0.05, 0.1) is 0 Å². The van der Waals surface area contributed by atoms with Gasteiger partial charge in [0.25, 0.3) is 0 Å². The minimum absolute atomic E-state index is 0. The second-order valence-corrected chi connectivity index (χ2v) is 0. The summed E-state index contributed by atoms with van der Waals surface area (Å²) in [4.78, 5) is 0. The molecule has 0 nitrogen and oxygen atoms in total. The molecular formula is H8KNa7. The maximum absolute atomic E-state index is 0. The van der Waals surface area contributed by atoms with E-state index in [1.165, 1.54) is 0 Å². The van der Waals surface area contributed by atoms with Crippen molar-refractivity contribution in [2.75, 3.05) is 0 Å². The van der Waals surface area contributed by atoms with E-state index >= 15 is 0 Å². The molecule has 0 saturated heterocycles. The Kier molecular flexibility index (Phi) is 306. The van der Waals surface area contributed by atoms with Crippen molar-refractivity contribution in [2.24, 2.45) is 0 Å². The van der Waals surface area contributed by atoms with E-state index in [1.54, 1.807) is 0 Å². The fourth-order valence-electron chi connectivity index (χ4n) is 0. The monoisotopic (exact) mass is 208 g/mol. The standard InChI is InChI=1S/K.7Na.8H. The second-order valence-electron chi connectivity index (χ2n) is 0. The molecule has 16 valence electrons. The Balaban J connectivity index is 0. The first kappa shape index (κ1) is 54.5. The van der Waals surface area contributed by atoms with Crippen LogP contribution in [-0.2, 0) is 0 Å². The van der Waals surface area contributed by atoms with E-state index in [4.69, 9.17) is 0 Å². The summed E-state index contributed by atoms with van der Waals surface area (Å²) < 4.78 is 0. The van der Waals surface area contributed by atoms with Crippen LogP contribution in [0.3, 0.4) is 0 Å². The van der Waals surface area contributed by atoms with Crippen LogP contribution in [0.1, 0.15) is 0 Å². The van der Waals surface area contributed by atoms with Gasteiger partial charge < -0.3 is 0 Å². The SMILES string of the molecule is [KH].[NaH].[NaH].[NaH].[NaH].[NaH].[NaH].[NaH]. The molecule has 0 unspecified atom stereocenters. The van der Waals surface area contributed by atoms with Crippen LogP contribution in [0, 0.1) is 0 Å². The van der Waals surface area contributed by atoms with E-state index in [0.29, 0.717) is 0 Å². The van der Waals surface area contributed by atoms with E-state index < -0.39 is 0 Å². The molecule has 8 heteroatoms. The summed E-state index contributed by atoms with van der Waals surface area (Å²) in [5, 5.41) is 0. The summed E-state index contributed by atoms with van der Waals surface area (Å²) in [5.41, 5.74) is 0. The zero-order valence-electron chi connectivity index (χ0n) is 0. The molecule has 0 aromatic heterocycles. The number of rotatable bonds is 0. The molecule has 0 bridgehead atoms. The predicted octanol–water partition coefficient (Wildman–Crippen LogP) is -5.19. The molecule has 0 N–H and O–H groups in total.